The number of hydrogen-bond donors (Lipinski definition) is 1. The molecule has 0 aliphatic heterocycles. The first-order valence-corrected chi connectivity index (χ1v) is 12.0. The van der Waals surface area contributed by atoms with Gasteiger partial charge in [-0.3, -0.25) is 0 Å². The summed E-state index contributed by atoms with van der Waals surface area (Å²) in [5, 5.41) is 4.59. The molecule has 1 heterocycles. The maximum atomic E-state index is 12.8. The Morgan fingerprint density at radius 2 is 1.78 bits per heavy atom. The van der Waals surface area contributed by atoms with Gasteiger partial charge in [-0.15, -0.1) is 0 Å². The first-order chi connectivity index (χ1) is 15.0. The molecule has 3 rings (SSSR count). The number of halogens is 2. The van der Waals surface area contributed by atoms with Gasteiger partial charge in [-0.05, 0) is 63.6 Å². The van der Waals surface area contributed by atoms with Gasteiger partial charge < -0.3 is 4.74 Å². The van der Waals surface area contributed by atoms with Crippen molar-refractivity contribution in [2.45, 2.75) is 46.2 Å². The van der Waals surface area contributed by atoms with E-state index in [1.54, 1.807) is 17.7 Å². The number of aromatic nitrogens is 2. The standard InChI is InChI=1S/C23H27F2N3O3S/c1-5-28-21(31-19-12-10-16(11-13-19)22(24)25)15-20(26-28)17-8-7-9-18(14-17)23(3,4)27-32(29,30)6-2/h7-15,22,27H,5-6H2,1-4H3. The van der Waals surface area contributed by atoms with E-state index >= 15 is 0 Å². The van der Waals surface area contributed by atoms with Gasteiger partial charge in [-0.2, -0.15) is 5.10 Å². The van der Waals surface area contributed by atoms with Crippen molar-refractivity contribution < 1.29 is 21.9 Å². The van der Waals surface area contributed by atoms with E-state index in [1.807, 2.05) is 45.0 Å². The van der Waals surface area contributed by atoms with Gasteiger partial charge in [0.25, 0.3) is 6.43 Å². The van der Waals surface area contributed by atoms with E-state index in [4.69, 9.17) is 4.74 Å². The zero-order valence-electron chi connectivity index (χ0n) is 18.5. The number of hydrogen-bond acceptors (Lipinski definition) is 4. The van der Waals surface area contributed by atoms with Crippen molar-refractivity contribution in [3.8, 4) is 22.9 Å². The maximum Gasteiger partial charge on any atom is 0.263 e. The third-order valence-electron chi connectivity index (χ3n) is 5.07. The largest absolute Gasteiger partial charge is 0.439 e. The Morgan fingerprint density at radius 1 is 1.09 bits per heavy atom. The lowest BCUT2D eigenvalue weighted by Crippen LogP contribution is -2.41. The zero-order valence-corrected chi connectivity index (χ0v) is 19.3. The summed E-state index contributed by atoms with van der Waals surface area (Å²) in [4.78, 5) is 0. The van der Waals surface area contributed by atoms with Gasteiger partial charge in [0.1, 0.15) is 5.75 Å². The highest BCUT2D eigenvalue weighted by atomic mass is 32.2. The number of nitrogens with zero attached hydrogens (tertiary/aromatic N) is 2. The highest BCUT2D eigenvalue weighted by Crippen LogP contribution is 2.31. The number of aryl methyl sites for hydroxylation is 1. The van der Waals surface area contributed by atoms with Crippen LogP contribution in [-0.4, -0.2) is 24.0 Å². The number of benzene rings is 2. The fraction of sp³-hybridized carbons (Fsp3) is 0.348. The number of sulfonamides is 1. The van der Waals surface area contributed by atoms with E-state index in [1.165, 1.54) is 24.3 Å². The molecule has 0 aliphatic rings. The Balaban J connectivity index is 1.89. The Kier molecular flexibility index (Phi) is 7.00. The Hall–Kier alpha value is -2.78. The molecule has 0 saturated carbocycles. The van der Waals surface area contributed by atoms with Crippen LogP contribution in [0.25, 0.3) is 11.3 Å². The van der Waals surface area contributed by atoms with E-state index in [0.29, 0.717) is 23.9 Å². The normalized spacial score (nSPS) is 12.3. The van der Waals surface area contributed by atoms with Gasteiger partial charge in [-0.1, -0.05) is 18.2 Å². The van der Waals surface area contributed by atoms with Crippen LogP contribution in [-0.2, 0) is 22.1 Å². The molecule has 1 N–H and O–H groups in total. The van der Waals surface area contributed by atoms with Gasteiger partial charge in [0.2, 0.25) is 15.9 Å². The molecule has 2 aromatic carbocycles. The molecule has 3 aromatic rings. The lowest BCUT2D eigenvalue weighted by Gasteiger charge is -2.26. The molecule has 0 aliphatic carbocycles. The van der Waals surface area contributed by atoms with Crippen LogP contribution in [0.5, 0.6) is 11.6 Å². The van der Waals surface area contributed by atoms with Crippen LogP contribution < -0.4 is 9.46 Å². The van der Waals surface area contributed by atoms with Crippen LogP contribution in [0.4, 0.5) is 8.78 Å². The fourth-order valence-electron chi connectivity index (χ4n) is 3.24. The van der Waals surface area contributed by atoms with Crippen molar-refractivity contribution in [3.05, 3.63) is 65.7 Å². The van der Waals surface area contributed by atoms with E-state index in [9.17, 15) is 17.2 Å². The summed E-state index contributed by atoms with van der Waals surface area (Å²) in [7, 11) is -3.39. The smallest absolute Gasteiger partial charge is 0.263 e. The molecule has 1 aromatic heterocycles. The lowest BCUT2D eigenvalue weighted by molar-refractivity contribution is 0.151. The summed E-state index contributed by atoms with van der Waals surface area (Å²) in [5.74, 6) is 0.902. The summed E-state index contributed by atoms with van der Waals surface area (Å²) >= 11 is 0. The van der Waals surface area contributed by atoms with Gasteiger partial charge in [-0.25, -0.2) is 26.6 Å². The molecular formula is C23H27F2N3O3S. The summed E-state index contributed by atoms with van der Waals surface area (Å²) in [6.07, 6.45) is -2.53. The van der Waals surface area contributed by atoms with Crippen LogP contribution >= 0.6 is 0 Å². The van der Waals surface area contributed by atoms with Crippen LogP contribution in [0, 0.1) is 0 Å². The summed E-state index contributed by atoms with van der Waals surface area (Å²) in [6, 6.07) is 14.9. The van der Waals surface area contributed by atoms with Gasteiger partial charge in [0.15, 0.2) is 0 Å². The molecule has 0 spiro atoms. The van der Waals surface area contributed by atoms with Crippen molar-refractivity contribution in [3.63, 3.8) is 0 Å². The minimum Gasteiger partial charge on any atom is -0.439 e. The number of rotatable bonds is 9. The average molecular weight is 464 g/mol. The zero-order chi connectivity index (χ0) is 23.5. The number of ether oxygens (including phenoxy) is 1. The minimum absolute atomic E-state index is 0.00395. The highest BCUT2D eigenvalue weighted by Gasteiger charge is 2.26. The second-order valence-corrected chi connectivity index (χ2v) is 9.88. The van der Waals surface area contributed by atoms with Gasteiger partial charge in [0.05, 0.1) is 17.0 Å². The van der Waals surface area contributed by atoms with E-state index < -0.39 is 22.0 Å². The lowest BCUT2D eigenvalue weighted by atomic mass is 9.93. The third kappa shape index (κ3) is 5.52. The van der Waals surface area contributed by atoms with E-state index in [2.05, 4.69) is 9.82 Å². The first-order valence-electron chi connectivity index (χ1n) is 10.3. The predicted molar refractivity (Wildman–Crippen MR) is 120 cm³/mol. The maximum absolute atomic E-state index is 12.8. The van der Waals surface area contributed by atoms with Crippen LogP contribution in [0.1, 0.15) is 45.2 Å². The van der Waals surface area contributed by atoms with Gasteiger partial charge >= 0.3 is 0 Å². The van der Waals surface area contributed by atoms with Crippen LogP contribution in [0.15, 0.2) is 54.6 Å². The van der Waals surface area contributed by atoms with Crippen molar-refractivity contribution in [1.29, 1.82) is 0 Å². The predicted octanol–water partition coefficient (Wildman–Crippen LogP) is 5.47. The highest BCUT2D eigenvalue weighted by molar-refractivity contribution is 7.89. The Labute approximate surface area is 187 Å². The molecule has 0 bridgehead atoms. The second-order valence-electron chi connectivity index (χ2n) is 7.87. The quantitative estimate of drug-likeness (QED) is 0.456. The Bertz CT molecular complexity index is 1170. The van der Waals surface area contributed by atoms with E-state index in [-0.39, 0.29) is 11.3 Å². The second kappa shape index (κ2) is 9.38. The summed E-state index contributed by atoms with van der Waals surface area (Å²) in [6.45, 7) is 7.67. The molecule has 6 nitrogen and oxygen atoms in total. The molecule has 0 radical (unpaired) electrons. The summed E-state index contributed by atoms with van der Waals surface area (Å²) in [5.41, 5.74) is 1.38. The SMILES string of the molecule is CCn1nc(-c2cccc(C(C)(C)NS(=O)(=O)CC)c2)cc1Oc1ccc(C(F)F)cc1. The number of nitrogens with one attached hydrogen (secondary N) is 1. The molecule has 0 unspecified atom stereocenters. The first kappa shape index (κ1) is 23.9. The molecule has 0 amide bonds. The molecule has 0 saturated heterocycles. The van der Waals surface area contributed by atoms with Crippen molar-refractivity contribution >= 4 is 10.0 Å². The topological polar surface area (TPSA) is 73.2 Å². The summed E-state index contributed by atoms with van der Waals surface area (Å²) < 4.78 is 60.0. The molecule has 0 atom stereocenters. The van der Waals surface area contributed by atoms with Crippen LogP contribution in [0.2, 0.25) is 0 Å². The van der Waals surface area contributed by atoms with Gasteiger partial charge in [0, 0.05) is 23.7 Å². The van der Waals surface area contributed by atoms with Crippen molar-refractivity contribution in [2.75, 3.05) is 5.75 Å². The van der Waals surface area contributed by atoms with Crippen molar-refractivity contribution in [1.82, 2.24) is 14.5 Å². The fourth-order valence-corrected chi connectivity index (χ4v) is 4.28. The molecule has 9 heteroatoms. The molecular weight excluding hydrogens is 436 g/mol. The average Bonchev–Trinajstić information content (AvgIpc) is 3.16. The third-order valence-corrected chi connectivity index (χ3v) is 6.65. The monoisotopic (exact) mass is 463 g/mol. The number of alkyl halides is 2. The minimum atomic E-state index is -3.39. The molecule has 172 valence electrons. The molecule has 32 heavy (non-hydrogen) atoms. The van der Waals surface area contributed by atoms with E-state index in [0.717, 1.165) is 11.1 Å². The molecule has 0 fully saturated rings. The van der Waals surface area contributed by atoms with Crippen molar-refractivity contribution in [2.24, 2.45) is 0 Å². The Morgan fingerprint density at radius 3 is 2.38 bits per heavy atom. The van der Waals surface area contributed by atoms with Crippen LogP contribution in [0.3, 0.4) is 0 Å².